The van der Waals surface area contributed by atoms with Gasteiger partial charge in [0.25, 0.3) is 0 Å². The van der Waals surface area contributed by atoms with Gasteiger partial charge in [-0.05, 0) is 38.1 Å². The van der Waals surface area contributed by atoms with Crippen molar-refractivity contribution < 1.29 is 9.59 Å². The lowest BCUT2D eigenvalue weighted by molar-refractivity contribution is -0.151. The molecule has 0 saturated carbocycles. The van der Waals surface area contributed by atoms with Crippen molar-refractivity contribution in [3.63, 3.8) is 0 Å². The zero-order chi connectivity index (χ0) is 15.1. The third-order valence-corrected chi connectivity index (χ3v) is 4.64. The Morgan fingerprint density at radius 1 is 0.952 bits per heavy atom. The minimum absolute atomic E-state index is 0.283. The van der Waals surface area contributed by atoms with E-state index in [0.29, 0.717) is 13.1 Å². The minimum atomic E-state index is -0.298. The molecule has 2 saturated heterocycles. The number of carbonyl (C=O) groups is 2. The first kappa shape index (κ1) is 16.3. The molecule has 0 bridgehead atoms. The fourth-order valence-corrected chi connectivity index (χ4v) is 3.38. The normalized spacial score (nSPS) is 24.3. The van der Waals surface area contributed by atoms with Crippen LogP contribution in [0.15, 0.2) is 0 Å². The summed E-state index contributed by atoms with van der Waals surface area (Å²) >= 11 is 0. The molecular formula is C16H29N3O2. The summed E-state index contributed by atoms with van der Waals surface area (Å²) < 4.78 is 0. The van der Waals surface area contributed by atoms with E-state index in [1.807, 2.05) is 0 Å². The van der Waals surface area contributed by atoms with Crippen LogP contribution in [0.5, 0.6) is 0 Å². The van der Waals surface area contributed by atoms with Crippen LogP contribution >= 0.6 is 0 Å². The highest BCUT2D eigenvalue weighted by molar-refractivity contribution is 6.34. The largest absolute Gasteiger partial charge is 0.334 e. The maximum Gasteiger partial charge on any atom is 0.312 e. The quantitative estimate of drug-likeness (QED) is 0.780. The van der Waals surface area contributed by atoms with E-state index >= 15 is 0 Å². The van der Waals surface area contributed by atoms with Crippen molar-refractivity contribution in [2.24, 2.45) is 5.92 Å². The van der Waals surface area contributed by atoms with E-state index in [9.17, 15) is 9.59 Å². The van der Waals surface area contributed by atoms with E-state index in [-0.39, 0.29) is 11.8 Å². The lowest BCUT2D eigenvalue weighted by Crippen LogP contribution is -2.46. The van der Waals surface area contributed by atoms with Crippen LogP contribution in [0.4, 0.5) is 0 Å². The van der Waals surface area contributed by atoms with Gasteiger partial charge in [0.1, 0.15) is 0 Å². The molecule has 1 N–H and O–H groups in total. The van der Waals surface area contributed by atoms with Crippen LogP contribution in [0.3, 0.4) is 0 Å². The van der Waals surface area contributed by atoms with Crippen molar-refractivity contribution in [2.75, 3.05) is 39.3 Å². The Bertz CT molecular complexity index is 351. The van der Waals surface area contributed by atoms with Crippen molar-refractivity contribution in [3.8, 4) is 0 Å². The van der Waals surface area contributed by atoms with E-state index < -0.39 is 0 Å². The maximum absolute atomic E-state index is 12.4. The number of nitrogens with zero attached hydrogens (tertiary/aromatic N) is 2. The van der Waals surface area contributed by atoms with Crippen molar-refractivity contribution in [1.82, 2.24) is 15.1 Å². The molecule has 1 unspecified atom stereocenters. The summed E-state index contributed by atoms with van der Waals surface area (Å²) in [7, 11) is 0. The Balaban J connectivity index is 1.87. The zero-order valence-corrected chi connectivity index (χ0v) is 13.3. The molecule has 0 aromatic rings. The van der Waals surface area contributed by atoms with Gasteiger partial charge >= 0.3 is 11.8 Å². The van der Waals surface area contributed by atoms with Gasteiger partial charge in [-0.3, -0.25) is 9.59 Å². The molecule has 0 radical (unpaired) electrons. The summed E-state index contributed by atoms with van der Waals surface area (Å²) in [5, 5.41) is 3.26. The van der Waals surface area contributed by atoms with Crippen molar-refractivity contribution in [2.45, 2.75) is 45.4 Å². The van der Waals surface area contributed by atoms with Gasteiger partial charge in [0.05, 0.1) is 0 Å². The monoisotopic (exact) mass is 295 g/mol. The second-order valence-corrected chi connectivity index (χ2v) is 6.27. The molecule has 5 nitrogen and oxygen atoms in total. The van der Waals surface area contributed by atoms with Gasteiger partial charge in [0.15, 0.2) is 0 Å². The van der Waals surface area contributed by atoms with E-state index in [0.717, 1.165) is 51.4 Å². The topological polar surface area (TPSA) is 52.7 Å². The average molecular weight is 295 g/mol. The van der Waals surface area contributed by atoms with Crippen molar-refractivity contribution >= 4 is 11.8 Å². The van der Waals surface area contributed by atoms with Gasteiger partial charge < -0.3 is 15.1 Å². The van der Waals surface area contributed by atoms with Gasteiger partial charge in [-0.2, -0.15) is 0 Å². The Morgan fingerprint density at radius 2 is 1.67 bits per heavy atom. The van der Waals surface area contributed by atoms with Gasteiger partial charge in [-0.1, -0.05) is 19.8 Å². The molecule has 2 aliphatic heterocycles. The van der Waals surface area contributed by atoms with Gasteiger partial charge in [0, 0.05) is 32.7 Å². The SMILES string of the molecule is CCCC1CCCN(C(=O)C(=O)N2CCCNCC2)CC1. The van der Waals surface area contributed by atoms with Crippen LogP contribution in [-0.2, 0) is 9.59 Å². The Labute approximate surface area is 128 Å². The molecule has 0 aromatic heterocycles. The van der Waals surface area contributed by atoms with E-state index in [1.54, 1.807) is 9.80 Å². The fourth-order valence-electron chi connectivity index (χ4n) is 3.38. The van der Waals surface area contributed by atoms with Crippen molar-refractivity contribution in [3.05, 3.63) is 0 Å². The average Bonchev–Trinajstić information content (AvgIpc) is 2.89. The van der Waals surface area contributed by atoms with Crippen LogP contribution in [0.25, 0.3) is 0 Å². The molecule has 120 valence electrons. The molecule has 0 aliphatic carbocycles. The zero-order valence-electron chi connectivity index (χ0n) is 13.3. The highest BCUT2D eigenvalue weighted by Crippen LogP contribution is 2.22. The van der Waals surface area contributed by atoms with Gasteiger partial charge in [-0.25, -0.2) is 0 Å². The van der Waals surface area contributed by atoms with E-state index in [1.165, 1.54) is 19.3 Å². The first-order valence-electron chi connectivity index (χ1n) is 8.51. The molecule has 2 amide bonds. The molecule has 0 aromatic carbocycles. The van der Waals surface area contributed by atoms with Gasteiger partial charge in [-0.15, -0.1) is 0 Å². The van der Waals surface area contributed by atoms with E-state index in [2.05, 4.69) is 12.2 Å². The molecule has 2 fully saturated rings. The predicted octanol–water partition coefficient (Wildman–Crippen LogP) is 1.24. The van der Waals surface area contributed by atoms with E-state index in [4.69, 9.17) is 0 Å². The lowest BCUT2D eigenvalue weighted by atomic mass is 9.96. The Morgan fingerprint density at radius 3 is 2.43 bits per heavy atom. The molecule has 5 heteroatoms. The first-order chi connectivity index (χ1) is 10.2. The second-order valence-electron chi connectivity index (χ2n) is 6.27. The minimum Gasteiger partial charge on any atom is -0.334 e. The molecular weight excluding hydrogens is 266 g/mol. The number of amides is 2. The molecule has 2 rings (SSSR count). The Hall–Kier alpha value is -1.10. The van der Waals surface area contributed by atoms with Crippen LogP contribution in [-0.4, -0.2) is 60.9 Å². The van der Waals surface area contributed by atoms with Crippen LogP contribution in [0, 0.1) is 5.92 Å². The third kappa shape index (κ3) is 4.70. The van der Waals surface area contributed by atoms with Crippen molar-refractivity contribution in [1.29, 1.82) is 0 Å². The number of hydrogen-bond donors (Lipinski definition) is 1. The standard InChI is InChI=1S/C16H29N3O2/c1-2-5-14-6-3-10-18(12-7-14)15(20)16(21)19-11-4-8-17-9-13-19/h14,17H,2-13H2,1H3. The lowest BCUT2D eigenvalue weighted by Gasteiger charge is -2.25. The number of likely N-dealkylation sites (tertiary alicyclic amines) is 1. The highest BCUT2D eigenvalue weighted by atomic mass is 16.2. The molecule has 2 aliphatic rings. The second kappa shape index (κ2) is 8.37. The Kier molecular flexibility index (Phi) is 6.49. The smallest absolute Gasteiger partial charge is 0.312 e. The molecule has 1 atom stereocenters. The number of rotatable bonds is 2. The fraction of sp³-hybridized carbons (Fsp3) is 0.875. The third-order valence-electron chi connectivity index (χ3n) is 4.64. The summed E-state index contributed by atoms with van der Waals surface area (Å²) in [6, 6.07) is 0. The summed E-state index contributed by atoms with van der Waals surface area (Å²) in [4.78, 5) is 28.3. The number of hydrogen-bond acceptors (Lipinski definition) is 3. The summed E-state index contributed by atoms with van der Waals surface area (Å²) in [5.41, 5.74) is 0. The van der Waals surface area contributed by atoms with Gasteiger partial charge in [0.2, 0.25) is 0 Å². The summed E-state index contributed by atoms with van der Waals surface area (Å²) in [6.45, 7) is 6.78. The van der Waals surface area contributed by atoms with Crippen LogP contribution in [0.2, 0.25) is 0 Å². The molecule has 2 heterocycles. The predicted molar refractivity (Wildman–Crippen MR) is 82.9 cm³/mol. The molecule has 0 spiro atoms. The number of nitrogens with one attached hydrogen (secondary N) is 1. The van der Waals surface area contributed by atoms with Crippen LogP contribution in [0.1, 0.15) is 45.4 Å². The molecule has 21 heavy (non-hydrogen) atoms. The number of carbonyl (C=O) groups excluding carboxylic acids is 2. The highest BCUT2D eigenvalue weighted by Gasteiger charge is 2.28. The summed E-state index contributed by atoms with van der Waals surface area (Å²) in [5.74, 6) is 0.145. The maximum atomic E-state index is 12.4. The first-order valence-corrected chi connectivity index (χ1v) is 8.51. The summed E-state index contributed by atoms with van der Waals surface area (Å²) in [6.07, 6.45) is 6.66. The van der Waals surface area contributed by atoms with Crippen LogP contribution < -0.4 is 5.32 Å².